The predicted octanol–water partition coefficient (Wildman–Crippen LogP) is 3.59. The van der Waals surface area contributed by atoms with E-state index in [1.165, 1.54) is 0 Å². The van der Waals surface area contributed by atoms with Crippen molar-refractivity contribution in [2.45, 2.75) is 20.3 Å². The first-order valence-electron chi connectivity index (χ1n) is 8.86. The van der Waals surface area contributed by atoms with E-state index in [0.717, 1.165) is 17.7 Å². The van der Waals surface area contributed by atoms with E-state index in [4.69, 9.17) is 9.47 Å². The summed E-state index contributed by atoms with van der Waals surface area (Å²) in [6, 6.07) is 11.4. The summed E-state index contributed by atoms with van der Waals surface area (Å²) in [5.41, 5.74) is 1.87. The van der Waals surface area contributed by atoms with Crippen LogP contribution in [0.15, 0.2) is 48.7 Å². The van der Waals surface area contributed by atoms with Gasteiger partial charge in [0.05, 0.1) is 13.2 Å². The molecule has 1 amide bonds. The fraction of sp³-hybridized carbons (Fsp3) is 0.333. The summed E-state index contributed by atoms with van der Waals surface area (Å²) in [5, 5.41) is 0. The highest BCUT2D eigenvalue weighted by molar-refractivity contribution is 5.91. The third-order valence-electron chi connectivity index (χ3n) is 3.79. The summed E-state index contributed by atoms with van der Waals surface area (Å²) >= 11 is 0. The van der Waals surface area contributed by atoms with Gasteiger partial charge in [0, 0.05) is 38.0 Å². The molecule has 1 aromatic heterocycles. The highest BCUT2D eigenvalue weighted by atomic mass is 16.5. The van der Waals surface area contributed by atoms with Gasteiger partial charge >= 0.3 is 0 Å². The lowest BCUT2D eigenvalue weighted by Crippen LogP contribution is -2.27. The second kappa shape index (κ2) is 10.2. The molecule has 0 aliphatic heterocycles. The van der Waals surface area contributed by atoms with E-state index in [9.17, 15) is 4.79 Å². The zero-order valence-corrected chi connectivity index (χ0v) is 15.6. The van der Waals surface area contributed by atoms with Crippen LogP contribution in [0.2, 0.25) is 0 Å². The summed E-state index contributed by atoms with van der Waals surface area (Å²) in [7, 11) is 1.79. The van der Waals surface area contributed by atoms with Crippen LogP contribution in [-0.2, 0) is 11.2 Å². The Morgan fingerprint density at radius 3 is 2.58 bits per heavy atom. The number of carbonyl (C=O) groups is 1. The molecule has 0 aliphatic rings. The minimum Gasteiger partial charge on any atom is -0.490 e. The van der Waals surface area contributed by atoms with E-state index >= 15 is 0 Å². The van der Waals surface area contributed by atoms with Crippen LogP contribution in [-0.4, -0.2) is 42.6 Å². The van der Waals surface area contributed by atoms with Crippen LogP contribution in [0.3, 0.4) is 0 Å². The molecule has 1 aromatic carbocycles. The van der Waals surface area contributed by atoms with Crippen LogP contribution in [0.1, 0.15) is 25.1 Å². The Morgan fingerprint density at radius 1 is 1.12 bits per heavy atom. The number of carbonyl (C=O) groups excluding carboxylic acids is 1. The number of rotatable bonds is 9. The number of pyridine rings is 1. The molecule has 0 aliphatic carbocycles. The van der Waals surface area contributed by atoms with Gasteiger partial charge in [-0.3, -0.25) is 9.78 Å². The number of ether oxygens (including phenoxy) is 2. The number of benzene rings is 1. The molecule has 0 saturated carbocycles. The van der Waals surface area contributed by atoms with E-state index in [-0.39, 0.29) is 5.91 Å². The van der Waals surface area contributed by atoms with Crippen LogP contribution in [0, 0.1) is 0 Å². The number of amides is 1. The lowest BCUT2D eigenvalue weighted by atomic mass is 10.2. The van der Waals surface area contributed by atoms with Crippen molar-refractivity contribution in [3.05, 3.63) is 59.9 Å². The standard InChI is InChI=1S/C21H26N2O3/c1-4-25-19-11-9-17(16-20(19)26-5-2)10-12-21(24)23(3)15-13-18-8-6-7-14-22-18/h6-12,14,16H,4-5,13,15H2,1-3H3/b12-10+. The summed E-state index contributed by atoms with van der Waals surface area (Å²) in [5.74, 6) is 1.35. The van der Waals surface area contributed by atoms with E-state index in [0.29, 0.717) is 31.3 Å². The third-order valence-corrected chi connectivity index (χ3v) is 3.79. The molecular weight excluding hydrogens is 328 g/mol. The first-order chi connectivity index (χ1) is 12.6. The van der Waals surface area contributed by atoms with E-state index < -0.39 is 0 Å². The maximum atomic E-state index is 12.3. The molecule has 26 heavy (non-hydrogen) atoms. The minimum absolute atomic E-state index is 0.0484. The molecule has 2 rings (SSSR count). The lowest BCUT2D eigenvalue weighted by molar-refractivity contribution is -0.124. The monoisotopic (exact) mass is 354 g/mol. The van der Waals surface area contributed by atoms with Crippen molar-refractivity contribution in [2.75, 3.05) is 26.8 Å². The average Bonchev–Trinajstić information content (AvgIpc) is 2.67. The summed E-state index contributed by atoms with van der Waals surface area (Å²) in [6.07, 6.45) is 5.86. The zero-order valence-electron chi connectivity index (χ0n) is 15.6. The summed E-state index contributed by atoms with van der Waals surface area (Å²) < 4.78 is 11.2. The number of aromatic nitrogens is 1. The van der Waals surface area contributed by atoms with Gasteiger partial charge < -0.3 is 14.4 Å². The second-order valence-corrected chi connectivity index (χ2v) is 5.74. The SMILES string of the molecule is CCOc1ccc(/C=C/C(=O)N(C)CCc2ccccn2)cc1OCC. The molecule has 1 heterocycles. The number of likely N-dealkylation sites (N-methyl/N-ethyl adjacent to an activating group) is 1. The van der Waals surface area contributed by atoms with Gasteiger partial charge in [-0.1, -0.05) is 12.1 Å². The topological polar surface area (TPSA) is 51.7 Å². The Labute approximate surface area is 155 Å². The molecular formula is C21H26N2O3. The molecule has 138 valence electrons. The molecule has 0 radical (unpaired) electrons. The Balaban J connectivity index is 1.96. The molecule has 0 spiro atoms. The highest BCUT2D eigenvalue weighted by Crippen LogP contribution is 2.29. The van der Waals surface area contributed by atoms with Gasteiger partial charge in [-0.2, -0.15) is 0 Å². The Hall–Kier alpha value is -2.82. The molecule has 0 saturated heterocycles. The second-order valence-electron chi connectivity index (χ2n) is 5.74. The fourth-order valence-electron chi connectivity index (χ4n) is 2.40. The van der Waals surface area contributed by atoms with Gasteiger partial charge in [0.25, 0.3) is 0 Å². The summed E-state index contributed by atoms with van der Waals surface area (Å²) in [6.45, 7) is 5.62. The average molecular weight is 354 g/mol. The van der Waals surface area contributed by atoms with Crippen molar-refractivity contribution in [2.24, 2.45) is 0 Å². The van der Waals surface area contributed by atoms with Gasteiger partial charge in [0.15, 0.2) is 11.5 Å². The molecule has 0 bridgehead atoms. The minimum atomic E-state index is -0.0484. The van der Waals surface area contributed by atoms with Gasteiger partial charge in [-0.25, -0.2) is 0 Å². The number of hydrogen-bond acceptors (Lipinski definition) is 4. The van der Waals surface area contributed by atoms with Crippen molar-refractivity contribution < 1.29 is 14.3 Å². The molecule has 0 fully saturated rings. The van der Waals surface area contributed by atoms with Crippen LogP contribution >= 0.6 is 0 Å². The molecule has 5 heteroatoms. The summed E-state index contributed by atoms with van der Waals surface area (Å²) in [4.78, 5) is 18.2. The largest absolute Gasteiger partial charge is 0.490 e. The fourth-order valence-corrected chi connectivity index (χ4v) is 2.40. The van der Waals surface area contributed by atoms with Gasteiger partial charge in [-0.05, 0) is 49.8 Å². The van der Waals surface area contributed by atoms with Crippen molar-refractivity contribution in [1.29, 1.82) is 0 Å². The maximum Gasteiger partial charge on any atom is 0.246 e. The van der Waals surface area contributed by atoms with Gasteiger partial charge in [0.1, 0.15) is 0 Å². The quantitative estimate of drug-likeness (QED) is 0.646. The van der Waals surface area contributed by atoms with E-state index in [2.05, 4.69) is 4.98 Å². The van der Waals surface area contributed by atoms with Crippen LogP contribution < -0.4 is 9.47 Å². The van der Waals surface area contributed by atoms with E-state index in [1.54, 1.807) is 30.3 Å². The van der Waals surface area contributed by atoms with Crippen LogP contribution in [0.25, 0.3) is 6.08 Å². The first kappa shape index (κ1) is 19.5. The maximum absolute atomic E-state index is 12.3. The Kier molecular flexibility index (Phi) is 7.68. The third kappa shape index (κ3) is 5.92. The molecule has 0 atom stereocenters. The Bertz CT molecular complexity index is 729. The van der Waals surface area contributed by atoms with Crippen molar-refractivity contribution in [3.63, 3.8) is 0 Å². The van der Waals surface area contributed by atoms with Crippen LogP contribution in [0.5, 0.6) is 11.5 Å². The highest BCUT2D eigenvalue weighted by Gasteiger charge is 2.07. The molecule has 0 N–H and O–H groups in total. The van der Waals surface area contributed by atoms with Crippen LogP contribution in [0.4, 0.5) is 0 Å². The zero-order chi connectivity index (χ0) is 18.8. The normalized spacial score (nSPS) is 10.7. The lowest BCUT2D eigenvalue weighted by Gasteiger charge is -2.14. The number of hydrogen-bond donors (Lipinski definition) is 0. The number of nitrogens with zero attached hydrogens (tertiary/aromatic N) is 2. The molecule has 0 unspecified atom stereocenters. The van der Waals surface area contributed by atoms with Crippen molar-refractivity contribution >= 4 is 12.0 Å². The van der Waals surface area contributed by atoms with Crippen molar-refractivity contribution in [3.8, 4) is 11.5 Å². The van der Waals surface area contributed by atoms with Crippen molar-refractivity contribution in [1.82, 2.24) is 9.88 Å². The van der Waals surface area contributed by atoms with E-state index in [1.807, 2.05) is 50.2 Å². The smallest absolute Gasteiger partial charge is 0.246 e. The van der Waals surface area contributed by atoms with Gasteiger partial charge in [-0.15, -0.1) is 0 Å². The molecule has 5 nitrogen and oxygen atoms in total. The van der Waals surface area contributed by atoms with Gasteiger partial charge in [0.2, 0.25) is 5.91 Å². The Morgan fingerprint density at radius 2 is 1.88 bits per heavy atom. The predicted molar refractivity (Wildman–Crippen MR) is 103 cm³/mol. The molecule has 2 aromatic rings. The first-order valence-corrected chi connectivity index (χ1v) is 8.86.